The van der Waals surface area contributed by atoms with Crippen molar-refractivity contribution in [2.24, 2.45) is 22.5 Å². The fourth-order valence-electron chi connectivity index (χ4n) is 3.49. The summed E-state index contributed by atoms with van der Waals surface area (Å²) in [6.45, 7) is 2.50. The Balaban J connectivity index is 2.11. The van der Waals surface area contributed by atoms with Crippen molar-refractivity contribution in [3.05, 3.63) is 16.6 Å². The Morgan fingerprint density at radius 1 is 1.71 bits per heavy atom. The highest BCUT2D eigenvalue weighted by Gasteiger charge is 2.55. The van der Waals surface area contributed by atoms with E-state index in [0.29, 0.717) is 18.4 Å². The van der Waals surface area contributed by atoms with Gasteiger partial charge in [0.25, 0.3) is 0 Å². The summed E-state index contributed by atoms with van der Waals surface area (Å²) in [6.07, 6.45) is 5.35. The Bertz CT molecular complexity index is 367. The molecule has 1 saturated carbocycles. The van der Waals surface area contributed by atoms with Crippen molar-refractivity contribution in [3.8, 4) is 0 Å². The molecule has 2 rings (SSSR count). The molecular formula is C12H18N2O3. The van der Waals surface area contributed by atoms with E-state index in [-0.39, 0.29) is 11.8 Å². The molecule has 0 heterocycles. The predicted molar refractivity (Wildman–Crippen MR) is 63.1 cm³/mol. The number of nitrogens with zero attached hydrogens (tertiary/aromatic N) is 1. The molecule has 0 aromatic rings. The summed E-state index contributed by atoms with van der Waals surface area (Å²) in [5.41, 5.74) is 3.54. The van der Waals surface area contributed by atoms with E-state index in [1.54, 1.807) is 0 Å². The summed E-state index contributed by atoms with van der Waals surface area (Å²) in [6, 6.07) is 0. The summed E-state index contributed by atoms with van der Waals surface area (Å²) in [4.78, 5) is 21.1. The lowest BCUT2D eigenvalue weighted by Crippen LogP contribution is -2.51. The molecule has 0 aromatic carbocycles. The highest BCUT2D eigenvalue weighted by molar-refractivity contribution is 5.68. The molecule has 3 unspecified atom stereocenters. The van der Waals surface area contributed by atoms with Crippen molar-refractivity contribution in [2.45, 2.75) is 32.6 Å². The van der Waals surface area contributed by atoms with E-state index in [4.69, 9.17) is 5.11 Å². The van der Waals surface area contributed by atoms with Gasteiger partial charge < -0.3 is 5.11 Å². The zero-order valence-corrected chi connectivity index (χ0v) is 9.98. The van der Waals surface area contributed by atoms with Gasteiger partial charge in [-0.1, -0.05) is 18.6 Å². The molecule has 0 amide bonds. The molecule has 5 nitrogen and oxygen atoms in total. The van der Waals surface area contributed by atoms with Crippen molar-refractivity contribution in [1.82, 2.24) is 5.43 Å². The van der Waals surface area contributed by atoms with E-state index in [9.17, 15) is 9.70 Å². The van der Waals surface area contributed by atoms with Crippen LogP contribution in [0.3, 0.4) is 0 Å². The van der Waals surface area contributed by atoms with Crippen LogP contribution in [0.15, 0.2) is 16.9 Å². The molecule has 0 aliphatic heterocycles. The number of nitrogens with one attached hydrogen (secondary N) is 1. The van der Waals surface area contributed by atoms with E-state index in [0.717, 1.165) is 19.3 Å². The molecule has 17 heavy (non-hydrogen) atoms. The second-order valence-electron chi connectivity index (χ2n) is 5.23. The Morgan fingerprint density at radius 2 is 2.47 bits per heavy atom. The molecule has 0 bridgehead atoms. The van der Waals surface area contributed by atoms with Gasteiger partial charge in [-0.2, -0.15) is 0 Å². The maximum Gasteiger partial charge on any atom is 0.303 e. The molecule has 3 atom stereocenters. The minimum absolute atomic E-state index is 0.115. The Hall–Kier alpha value is -1.39. The van der Waals surface area contributed by atoms with Gasteiger partial charge in [0.1, 0.15) is 0 Å². The number of rotatable bonds is 6. The van der Waals surface area contributed by atoms with Crippen LogP contribution in [0.2, 0.25) is 0 Å². The third-order valence-electron chi connectivity index (χ3n) is 4.28. The third-order valence-corrected chi connectivity index (χ3v) is 4.28. The smallest absolute Gasteiger partial charge is 0.303 e. The number of nitroso groups, excluding NO2 is 1. The van der Waals surface area contributed by atoms with E-state index in [2.05, 4.69) is 23.7 Å². The number of aliphatic carboxylic acids is 1. The third kappa shape index (κ3) is 2.06. The lowest BCUT2D eigenvalue weighted by Gasteiger charge is -2.51. The number of hydrogen-bond donors (Lipinski definition) is 2. The SMILES string of the molecule is CCC1=CC2C(C1)CC2(CNN=O)CC(=O)O. The van der Waals surface area contributed by atoms with Crippen molar-refractivity contribution in [3.63, 3.8) is 0 Å². The first kappa shape index (κ1) is 12.1. The molecule has 0 radical (unpaired) electrons. The quantitative estimate of drug-likeness (QED) is 0.422. The largest absolute Gasteiger partial charge is 0.481 e. The zero-order chi connectivity index (χ0) is 12.5. The number of fused-ring (bicyclic) bond motifs is 1. The van der Waals surface area contributed by atoms with Crippen LogP contribution in [0, 0.1) is 22.2 Å². The van der Waals surface area contributed by atoms with Gasteiger partial charge >= 0.3 is 5.97 Å². The van der Waals surface area contributed by atoms with Gasteiger partial charge in [0.2, 0.25) is 0 Å². The molecule has 0 saturated heterocycles. The van der Waals surface area contributed by atoms with Crippen LogP contribution in [0.5, 0.6) is 0 Å². The van der Waals surface area contributed by atoms with Gasteiger partial charge in [-0.3, -0.25) is 10.2 Å². The van der Waals surface area contributed by atoms with Crippen LogP contribution < -0.4 is 5.43 Å². The van der Waals surface area contributed by atoms with E-state index in [1.807, 2.05) is 0 Å². The highest BCUT2D eigenvalue weighted by Crippen LogP contribution is 2.59. The van der Waals surface area contributed by atoms with Crippen LogP contribution in [0.1, 0.15) is 32.6 Å². The molecular weight excluding hydrogens is 220 g/mol. The van der Waals surface area contributed by atoms with Crippen molar-refractivity contribution < 1.29 is 9.90 Å². The first-order chi connectivity index (χ1) is 8.11. The second-order valence-corrected chi connectivity index (χ2v) is 5.23. The van der Waals surface area contributed by atoms with E-state index >= 15 is 0 Å². The Labute approximate surface area is 100 Å². The van der Waals surface area contributed by atoms with Crippen LogP contribution in [-0.4, -0.2) is 17.6 Å². The average molecular weight is 238 g/mol. The van der Waals surface area contributed by atoms with Crippen LogP contribution >= 0.6 is 0 Å². The van der Waals surface area contributed by atoms with Gasteiger partial charge in [0, 0.05) is 17.2 Å². The fourth-order valence-corrected chi connectivity index (χ4v) is 3.49. The maximum atomic E-state index is 11.0. The molecule has 2 aliphatic carbocycles. The highest BCUT2D eigenvalue weighted by atomic mass is 16.4. The van der Waals surface area contributed by atoms with E-state index < -0.39 is 5.97 Å². The van der Waals surface area contributed by atoms with Crippen LogP contribution in [-0.2, 0) is 4.79 Å². The summed E-state index contributed by atoms with van der Waals surface area (Å²) in [5, 5.41) is 11.6. The lowest BCUT2D eigenvalue weighted by molar-refractivity contribution is -0.144. The van der Waals surface area contributed by atoms with Gasteiger partial charge in [-0.15, -0.1) is 4.91 Å². The normalized spacial score (nSPS) is 34.5. The molecule has 0 spiro atoms. The molecule has 2 N–H and O–H groups in total. The lowest BCUT2D eigenvalue weighted by atomic mass is 9.53. The minimum Gasteiger partial charge on any atom is -0.481 e. The summed E-state index contributed by atoms with van der Waals surface area (Å²) in [7, 11) is 0. The number of allylic oxidation sites excluding steroid dienone is 2. The fraction of sp³-hybridized carbons (Fsp3) is 0.750. The van der Waals surface area contributed by atoms with Crippen molar-refractivity contribution in [2.75, 3.05) is 6.54 Å². The average Bonchev–Trinajstić information content (AvgIpc) is 2.62. The minimum atomic E-state index is -0.797. The van der Waals surface area contributed by atoms with Crippen molar-refractivity contribution in [1.29, 1.82) is 0 Å². The predicted octanol–water partition coefficient (Wildman–Crippen LogP) is 2.09. The topological polar surface area (TPSA) is 78.8 Å². The summed E-state index contributed by atoms with van der Waals surface area (Å²) < 4.78 is 0. The van der Waals surface area contributed by atoms with Gasteiger partial charge in [0.15, 0.2) is 0 Å². The second kappa shape index (κ2) is 4.47. The van der Waals surface area contributed by atoms with Gasteiger partial charge in [-0.25, -0.2) is 0 Å². The van der Waals surface area contributed by atoms with Crippen LogP contribution in [0.4, 0.5) is 0 Å². The van der Waals surface area contributed by atoms with Crippen LogP contribution in [0.25, 0.3) is 0 Å². The number of hydrogen-bond acceptors (Lipinski definition) is 3. The summed E-state index contributed by atoms with van der Waals surface area (Å²) in [5.74, 6) is 0.0926. The van der Waals surface area contributed by atoms with Gasteiger partial charge in [-0.05, 0) is 31.1 Å². The molecule has 94 valence electrons. The van der Waals surface area contributed by atoms with E-state index in [1.165, 1.54) is 5.57 Å². The first-order valence-corrected chi connectivity index (χ1v) is 6.08. The first-order valence-electron chi connectivity index (χ1n) is 6.08. The number of carboxylic acid groups (broad SMARTS) is 1. The molecule has 5 heteroatoms. The van der Waals surface area contributed by atoms with Crippen molar-refractivity contribution >= 4 is 5.97 Å². The summed E-state index contributed by atoms with van der Waals surface area (Å²) >= 11 is 0. The maximum absolute atomic E-state index is 11.0. The monoisotopic (exact) mass is 238 g/mol. The molecule has 0 aromatic heterocycles. The molecule has 1 fully saturated rings. The zero-order valence-electron chi connectivity index (χ0n) is 9.98. The Kier molecular flexibility index (Phi) is 3.17. The number of carboxylic acids is 1. The van der Waals surface area contributed by atoms with Gasteiger partial charge in [0.05, 0.1) is 6.42 Å². The Morgan fingerprint density at radius 3 is 3.06 bits per heavy atom. The molecule has 2 aliphatic rings. The number of carbonyl (C=O) groups is 1. The standard InChI is InChI=1S/C12H18N2O3/c1-2-8-3-9-5-12(6-11(15)16,7-13-14-17)10(9)4-8/h4,9-10H,2-3,5-7H2,1H3,(H,13,17)(H,15,16).